The van der Waals surface area contributed by atoms with Crippen molar-refractivity contribution >= 4 is 21.8 Å². The lowest BCUT2D eigenvalue weighted by Gasteiger charge is -2.27. The van der Waals surface area contributed by atoms with E-state index in [-0.39, 0.29) is 5.91 Å². The lowest BCUT2D eigenvalue weighted by molar-refractivity contribution is 0.0702. The van der Waals surface area contributed by atoms with E-state index in [4.69, 9.17) is 0 Å². The van der Waals surface area contributed by atoms with Crippen molar-refractivity contribution in [2.24, 2.45) is 0 Å². The second-order valence-corrected chi connectivity index (χ2v) is 4.91. The van der Waals surface area contributed by atoms with E-state index >= 15 is 0 Å². The Morgan fingerprint density at radius 2 is 2.35 bits per heavy atom. The van der Waals surface area contributed by atoms with Gasteiger partial charge in [0.1, 0.15) is 11.5 Å². The van der Waals surface area contributed by atoms with Crippen molar-refractivity contribution < 1.29 is 4.79 Å². The van der Waals surface area contributed by atoms with Gasteiger partial charge in [0.15, 0.2) is 0 Å². The van der Waals surface area contributed by atoms with E-state index in [1.54, 1.807) is 23.4 Å². The second kappa shape index (κ2) is 4.03. The zero-order valence-electron chi connectivity index (χ0n) is 9.06. The zero-order valence-corrected chi connectivity index (χ0v) is 10.6. The van der Waals surface area contributed by atoms with Gasteiger partial charge in [-0.1, -0.05) is 0 Å². The Morgan fingerprint density at radius 1 is 1.47 bits per heavy atom. The van der Waals surface area contributed by atoms with Gasteiger partial charge in [0.25, 0.3) is 5.91 Å². The van der Waals surface area contributed by atoms with Crippen molar-refractivity contribution in [3.8, 4) is 0 Å². The lowest BCUT2D eigenvalue weighted by Crippen LogP contribution is -2.38. The van der Waals surface area contributed by atoms with E-state index < -0.39 is 0 Å². The number of hydrogen-bond donors (Lipinski definition) is 1. The van der Waals surface area contributed by atoms with Crippen LogP contribution in [-0.2, 0) is 13.1 Å². The average molecular weight is 295 g/mol. The van der Waals surface area contributed by atoms with E-state index in [2.05, 4.69) is 30.5 Å². The number of nitrogens with one attached hydrogen (secondary N) is 1. The molecule has 6 heteroatoms. The van der Waals surface area contributed by atoms with E-state index in [1.165, 1.54) is 0 Å². The van der Waals surface area contributed by atoms with Crippen LogP contribution in [0.3, 0.4) is 0 Å². The standard InChI is InChI=1S/C11H11BrN4O/c12-8-5-9(14-6-8)11(17)16-4-3-15-2-1-13-10(15)7-16/h1-2,5-6,14H,3-4,7H2. The van der Waals surface area contributed by atoms with Gasteiger partial charge in [-0.3, -0.25) is 4.79 Å². The summed E-state index contributed by atoms with van der Waals surface area (Å²) in [4.78, 5) is 21.2. The first-order chi connectivity index (χ1) is 8.24. The molecule has 1 aliphatic rings. The van der Waals surface area contributed by atoms with E-state index in [9.17, 15) is 4.79 Å². The maximum Gasteiger partial charge on any atom is 0.270 e. The molecule has 88 valence electrons. The highest BCUT2D eigenvalue weighted by Gasteiger charge is 2.22. The molecule has 2 aromatic rings. The van der Waals surface area contributed by atoms with Crippen molar-refractivity contribution in [1.29, 1.82) is 0 Å². The molecule has 0 aromatic carbocycles. The molecule has 17 heavy (non-hydrogen) atoms. The van der Waals surface area contributed by atoms with Crippen molar-refractivity contribution in [2.45, 2.75) is 13.1 Å². The summed E-state index contributed by atoms with van der Waals surface area (Å²) >= 11 is 3.33. The maximum atomic E-state index is 12.2. The first-order valence-electron chi connectivity index (χ1n) is 5.37. The van der Waals surface area contributed by atoms with Crippen LogP contribution in [0.15, 0.2) is 29.1 Å². The predicted molar refractivity (Wildman–Crippen MR) is 65.5 cm³/mol. The monoisotopic (exact) mass is 294 g/mol. The third-order valence-corrected chi connectivity index (χ3v) is 3.37. The van der Waals surface area contributed by atoms with Crippen molar-refractivity contribution in [1.82, 2.24) is 19.4 Å². The third kappa shape index (κ3) is 1.88. The topological polar surface area (TPSA) is 53.9 Å². The summed E-state index contributed by atoms with van der Waals surface area (Å²) in [5, 5.41) is 0. The van der Waals surface area contributed by atoms with Gasteiger partial charge in [-0.25, -0.2) is 4.98 Å². The Hall–Kier alpha value is -1.56. The number of rotatable bonds is 1. The summed E-state index contributed by atoms with van der Waals surface area (Å²) in [7, 11) is 0. The number of fused-ring (bicyclic) bond motifs is 1. The average Bonchev–Trinajstić information content (AvgIpc) is 2.95. The summed E-state index contributed by atoms with van der Waals surface area (Å²) in [6.07, 6.45) is 5.48. The number of nitrogens with zero attached hydrogens (tertiary/aromatic N) is 3. The molecule has 0 aliphatic carbocycles. The van der Waals surface area contributed by atoms with Gasteiger partial charge in [-0.15, -0.1) is 0 Å². The minimum atomic E-state index is 0.0185. The normalized spacial score (nSPS) is 14.8. The van der Waals surface area contributed by atoms with Crippen molar-refractivity contribution in [2.75, 3.05) is 6.54 Å². The minimum Gasteiger partial charge on any atom is -0.356 e. The summed E-state index contributed by atoms with van der Waals surface area (Å²) in [6, 6.07) is 1.80. The smallest absolute Gasteiger partial charge is 0.270 e. The number of imidazole rings is 1. The summed E-state index contributed by atoms with van der Waals surface area (Å²) < 4.78 is 2.97. The third-order valence-electron chi connectivity index (χ3n) is 2.91. The fourth-order valence-electron chi connectivity index (χ4n) is 2.01. The molecule has 0 bridgehead atoms. The zero-order chi connectivity index (χ0) is 11.8. The molecule has 0 unspecified atom stereocenters. The van der Waals surface area contributed by atoms with Gasteiger partial charge in [0.05, 0.1) is 6.54 Å². The molecule has 1 amide bonds. The van der Waals surface area contributed by atoms with Crippen LogP contribution in [-0.4, -0.2) is 31.9 Å². The number of carbonyl (C=O) groups excluding carboxylic acids is 1. The highest BCUT2D eigenvalue weighted by Crippen LogP contribution is 2.16. The molecule has 0 radical (unpaired) electrons. The Morgan fingerprint density at radius 3 is 3.12 bits per heavy atom. The first kappa shape index (κ1) is 10.6. The Balaban J connectivity index is 1.81. The van der Waals surface area contributed by atoms with Gasteiger partial charge in [-0.2, -0.15) is 0 Å². The first-order valence-corrected chi connectivity index (χ1v) is 6.16. The molecular weight excluding hydrogens is 284 g/mol. The van der Waals surface area contributed by atoms with E-state index in [0.29, 0.717) is 12.2 Å². The summed E-state index contributed by atoms with van der Waals surface area (Å²) in [5.41, 5.74) is 0.608. The summed E-state index contributed by atoms with van der Waals surface area (Å²) in [6.45, 7) is 2.10. The fraction of sp³-hybridized carbons (Fsp3) is 0.273. The van der Waals surface area contributed by atoms with E-state index in [1.807, 2.05) is 6.20 Å². The Labute approximate surface area is 107 Å². The van der Waals surface area contributed by atoms with Gasteiger partial charge in [0, 0.05) is 36.2 Å². The SMILES string of the molecule is O=C(c1cc(Br)c[nH]1)N1CCn2ccnc2C1. The van der Waals surface area contributed by atoms with Crippen LogP contribution in [0.2, 0.25) is 0 Å². The number of aromatic nitrogens is 3. The molecule has 0 spiro atoms. The number of carbonyl (C=O) groups is 1. The molecular formula is C11H11BrN4O. The molecule has 0 fully saturated rings. The predicted octanol–water partition coefficient (Wildman–Crippen LogP) is 1.63. The summed E-state index contributed by atoms with van der Waals surface area (Å²) in [5.74, 6) is 0.958. The van der Waals surface area contributed by atoms with Crippen molar-refractivity contribution in [3.05, 3.63) is 40.6 Å². The molecule has 1 aliphatic heterocycles. The molecule has 3 rings (SSSR count). The molecule has 1 N–H and O–H groups in total. The number of aromatic amines is 1. The molecule has 3 heterocycles. The van der Waals surface area contributed by atoms with Crippen LogP contribution >= 0.6 is 15.9 Å². The van der Waals surface area contributed by atoms with Gasteiger partial charge in [-0.05, 0) is 22.0 Å². The van der Waals surface area contributed by atoms with Gasteiger partial charge < -0.3 is 14.5 Å². The van der Waals surface area contributed by atoms with Crippen LogP contribution in [0.1, 0.15) is 16.3 Å². The number of amides is 1. The molecule has 0 saturated carbocycles. The minimum absolute atomic E-state index is 0.0185. The molecule has 5 nitrogen and oxygen atoms in total. The quantitative estimate of drug-likeness (QED) is 0.869. The fourth-order valence-corrected chi connectivity index (χ4v) is 2.35. The maximum absolute atomic E-state index is 12.2. The molecule has 2 aromatic heterocycles. The lowest BCUT2D eigenvalue weighted by atomic mass is 10.3. The highest BCUT2D eigenvalue weighted by atomic mass is 79.9. The number of H-pyrrole nitrogens is 1. The van der Waals surface area contributed by atoms with Gasteiger partial charge in [0.2, 0.25) is 0 Å². The Bertz CT molecular complexity index is 559. The van der Waals surface area contributed by atoms with Crippen molar-refractivity contribution in [3.63, 3.8) is 0 Å². The number of hydrogen-bond acceptors (Lipinski definition) is 2. The van der Waals surface area contributed by atoms with Crippen LogP contribution in [0, 0.1) is 0 Å². The Kier molecular flexibility index (Phi) is 2.51. The molecule has 0 atom stereocenters. The van der Waals surface area contributed by atoms with E-state index in [0.717, 1.165) is 23.4 Å². The van der Waals surface area contributed by atoms with Crippen LogP contribution in [0.4, 0.5) is 0 Å². The van der Waals surface area contributed by atoms with Crippen LogP contribution in [0.25, 0.3) is 0 Å². The second-order valence-electron chi connectivity index (χ2n) is 4.00. The number of halogens is 1. The van der Waals surface area contributed by atoms with Crippen LogP contribution in [0.5, 0.6) is 0 Å². The van der Waals surface area contributed by atoms with Crippen LogP contribution < -0.4 is 0 Å². The van der Waals surface area contributed by atoms with Gasteiger partial charge >= 0.3 is 0 Å². The molecule has 0 saturated heterocycles. The largest absolute Gasteiger partial charge is 0.356 e. The highest BCUT2D eigenvalue weighted by molar-refractivity contribution is 9.10.